The average molecular weight is 316 g/mol. The van der Waals surface area contributed by atoms with Crippen LogP contribution in [0.3, 0.4) is 0 Å². The number of anilines is 1. The summed E-state index contributed by atoms with van der Waals surface area (Å²) < 4.78 is 0.502. The van der Waals surface area contributed by atoms with Crippen LogP contribution >= 0.6 is 34.5 Å². The molecule has 1 aromatic carbocycles. The Hall–Kier alpha value is -1.30. The van der Waals surface area contributed by atoms with Gasteiger partial charge >= 0.3 is 0 Å². The van der Waals surface area contributed by atoms with Gasteiger partial charge in [-0.15, -0.1) is 11.3 Å². The lowest BCUT2D eigenvalue weighted by Gasteiger charge is -2.09. The van der Waals surface area contributed by atoms with E-state index in [1.165, 1.54) is 11.3 Å². The molecule has 0 aliphatic carbocycles. The first kappa shape index (κ1) is 14.1. The van der Waals surface area contributed by atoms with E-state index in [0.717, 1.165) is 4.88 Å². The zero-order valence-corrected chi connectivity index (χ0v) is 12.4. The summed E-state index contributed by atoms with van der Waals surface area (Å²) in [6.45, 7) is 0.557. The summed E-state index contributed by atoms with van der Waals surface area (Å²) in [5, 5.41) is 6.29. The number of rotatable bonds is 4. The monoisotopic (exact) mass is 315 g/mol. The van der Waals surface area contributed by atoms with Gasteiger partial charge < -0.3 is 10.6 Å². The molecule has 0 fully saturated rings. The van der Waals surface area contributed by atoms with E-state index in [-0.39, 0.29) is 5.91 Å². The van der Waals surface area contributed by atoms with Gasteiger partial charge in [0.15, 0.2) is 4.47 Å². The normalized spacial score (nSPS) is 10.3. The van der Waals surface area contributed by atoms with Crippen LogP contribution in [-0.2, 0) is 6.54 Å². The van der Waals surface area contributed by atoms with Crippen LogP contribution < -0.4 is 10.6 Å². The molecule has 100 valence electrons. The van der Waals surface area contributed by atoms with E-state index in [9.17, 15) is 4.79 Å². The minimum Gasteiger partial charge on any atom is -0.379 e. The Kier molecular flexibility index (Phi) is 4.63. The van der Waals surface area contributed by atoms with Crippen LogP contribution in [0.15, 0.2) is 24.4 Å². The van der Waals surface area contributed by atoms with Gasteiger partial charge in [0.05, 0.1) is 17.3 Å². The van der Waals surface area contributed by atoms with Gasteiger partial charge in [-0.2, -0.15) is 0 Å². The Balaban J connectivity index is 2.12. The third-order valence-corrected chi connectivity index (χ3v) is 3.88. The molecule has 1 heterocycles. The van der Waals surface area contributed by atoms with Gasteiger partial charge in [0.1, 0.15) is 0 Å². The number of aromatic nitrogens is 1. The van der Waals surface area contributed by atoms with Crippen LogP contribution in [0.4, 0.5) is 5.69 Å². The fourth-order valence-corrected chi connectivity index (χ4v) is 2.60. The van der Waals surface area contributed by atoms with Crippen molar-refractivity contribution in [3.63, 3.8) is 0 Å². The van der Waals surface area contributed by atoms with Gasteiger partial charge in [-0.1, -0.05) is 23.2 Å². The van der Waals surface area contributed by atoms with Crippen molar-refractivity contribution in [2.24, 2.45) is 0 Å². The van der Waals surface area contributed by atoms with Gasteiger partial charge in [-0.05, 0) is 18.2 Å². The summed E-state index contributed by atoms with van der Waals surface area (Å²) in [4.78, 5) is 16.5. The maximum absolute atomic E-state index is 11.5. The second-order valence-corrected chi connectivity index (χ2v) is 5.81. The summed E-state index contributed by atoms with van der Waals surface area (Å²) >= 11 is 13.2. The number of nitrogens with zero attached hydrogens (tertiary/aromatic N) is 1. The molecule has 0 bridgehead atoms. The number of benzene rings is 1. The van der Waals surface area contributed by atoms with Crippen LogP contribution in [0.25, 0.3) is 0 Å². The molecule has 2 N–H and O–H groups in total. The fourth-order valence-electron chi connectivity index (χ4n) is 1.49. The molecule has 4 nitrogen and oxygen atoms in total. The molecule has 0 aliphatic heterocycles. The van der Waals surface area contributed by atoms with Crippen molar-refractivity contribution >= 4 is 46.1 Å². The number of thiazole rings is 1. The van der Waals surface area contributed by atoms with Crippen LogP contribution in [0.5, 0.6) is 0 Å². The number of carbonyl (C=O) groups is 1. The molecule has 0 radical (unpaired) electrons. The maximum Gasteiger partial charge on any atom is 0.251 e. The molecule has 0 spiro atoms. The number of carbonyl (C=O) groups excluding carboxylic acids is 1. The molecular formula is C12H11Cl2N3OS. The van der Waals surface area contributed by atoms with E-state index in [2.05, 4.69) is 15.6 Å². The van der Waals surface area contributed by atoms with E-state index in [1.54, 1.807) is 31.4 Å². The molecule has 0 atom stereocenters. The molecule has 0 saturated carbocycles. The highest BCUT2D eigenvalue weighted by atomic mass is 35.5. The average Bonchev–Trinajstić information content (AvgIpc) is 2.82. The molecule has 7 heteroatoms. The van der Waals surface area contributed by atoms with Crippen molar-refractivity contribution < 1.29 is 4.79 Å². The Morgan fingerprint density at radius 3 is 2.84 bits per heavy atom. The molecule has 0 saturated heterocycles. The molecule has 1 aromatic heterocycles. The van der Waals surface area contributed by atoms with E-state index in [1.807, 2.05) is 0 Å². The minimum absolute atomic E-state index is 0.152. The Morgan fingerprint density at radius 1 is 1.42 bits per heavy atom. The standard InChI is InChI=1S/C12H11Cl2N3OS/c1-15-11(18)7-2-3-9(13)10(4-7)16-5-8-6-17-12(14)19-8/h2-4,6,16H,5H2,1H3,(H,15,18). The summed E-state index contributed by atoms with van der Waals surface area (Å²) in [7, 11) is 1.59. The summed E-state index contributed by atoms with van der Waals surface area (Å²) in [5.41, 5.74) is 1.25. The third kappa shape index (κ3) is 3.59. The second kappa shape index (κ2) is 6.23. The predicted octanol–water partition coefficient (Wildman–Crippen LogP) is 3.42. The van der Waals surface area contributed by atoms with Crippen molar-refractivity contribution in [2.45, 2.75) is 6.54 Å². The highest BCUT2D eigenvalue weighted by Crippen LogP contribution is 2.25. The lowest BCUT2D eigenvalue weighted by molar-refractivity contribution is 0.0963. The van der Waals surface area contributed by atoms with Gasteiger partial charge in [0.2, 0.25) is 0 Å². The lowest BCUT2D eigenvalue weighted by atomic mass is 10.2. The van der Waals surface area contributed by atoms with E-state index in [4.69, 9.17) is 23.2 Å². The smallest absolute Gasteiger partial charge is 0.251 e. The second-order valence-electron chi connectivity index (χ2n) is 3.71. The summed E-state index contributed by atoms with van der Waals surface area (Å²) in [6, 6.07) is 5.08. The van der Waals surface area contributed by atoms with E-state index >= 15 is 0 Å². The van der Waals surface area contributed by atoms with Gasteiger partial charge in [0, 0.05) is 23.7 Å². The largest absolute Gasteiger partial charge is 0.379 e. The SMILES string of the molecule is CNC(=O)c1ccc(Cl)c(NCc2cnc(Cl)s2)c1. The highest BCUT2D eigenvalue weighted by Gasteiger charge is 2.08. The lowest BCUT2D eigenvalue weighted by Crippen LogP contribution is -2.17. The molecule has 1 amide bonds. The van der Waals surface area contributed by atoms with Crippen molar-refractivity contribution in [3.05, 3.63) is 44.3 Å². The number of hydrogen-bond acceptors (Lipinski definition) is 4. The van der Waals surface area contributed by atoms with Gasteiger partial charge in [-0.3, -0.25) is 4.79 Å². The number of halogens is 2. The van der Waals surface area contributed by atoms with Gasteiger partial charge in [-0.25, -0.2) is 4.98 Å². The van der Waals surface area contributed by atoms with Crippen molar-refractivity contribution in [3.8, 4) is 0 Å². The first-order chi connectivity index (χ1) is 9.10. The van der Waals surface area contributed by atoms with Crippen LogP contribution in [0.1, 0.15) is 15.2 Å². The van der Waals surface area contributed by atoms with Crippen molar-refractivity contribution in [1.29, 1.82) is 0 Å². The highest BCUT2D eigenvalue weighted by molar-refractivity contribution is 7.15. The molecule has 0 unspecified atom stereocenters. The molecule has 2 rings (SSSR count). The maximum atomic E-state index is 11.5. The number of hydrogen-bond donors (Lipinski definition) is 2. The molecule has 2 aromatic rings. The minimum atomic E-state index is -0.152. The Morgan fingerprint density at radius 2 is 2.21 bits per heavy atom. The van der Waals surface area contributed by atoms with E-state index in [0.29, 0.717) is 27.3 Å². The molecular weight excluding hydrogens is 305 g/mol. The Bertz CT molecular complexity index is 600. The third-order valence-electron chi connectivity index (χ3n) is 2.43. The number of nitrogens with one attached hydrogen (secondary N) is 2. The van der Waals surface area contributed by atoms with Gasteiger partial charge in [0.25, 0.3) is 5.91 Å². The first-order valence-corrected chi connectivity index (χ1v) is 7.03. The first-order valence-electron chi connectivity index (χ1n) is 5.46. The molecule has 0 aliphatic rings. The predicted molar refractivity (Wildman–Crippen MR) is 79.3 cm³/mol. The summed E-state index contributed by atoms with van der Waals surface area (Å²) in [5.74, 6) is -0.152. The van der Waals surface area contributed by atoms with Crippen LogP contribution in [0.2, 0.25) is 9.49 Å². The van der Waals surface area contributed by atoms with Crippen LogP contribution in [-0.4, -0.2) is 17.9 Å². The van der Waals surface area contributed by atoms with Crippen LogP contribution in [0, 0.1) is 0 Å². The fraction of sp³-hybridized carbons (Fsp3) is 0.167. The number of amides is 1. The Labute approximate surface area is 124 Å². The van der Waals surface area contributed by atoms with Crippen molar-refractivity contribution in [1.82, 2.24) is 10.3 Å². The molecule has 19 heavy (non-hydrogen) atoms. The zero-order chi connectivity index (χ0) is 13.8. The topological polar surface area (TPSA) is 54.0 Å². The van der Waals surface area contributed by atoms with E-state index < -0.39 is 0 Å². The quantitative estimate of drug-likeness (QED) is 0.909. The summed E-state index contributed by atoms with van der Waals surface area (Å²) in [6.07, 6.45) is 1.70. The van der Waals surface area contributed by atoms with Crippen molar-refractivity contribution in [2.75, 3.05) is 12.4 Å². The zero-order valence-electron chi connectivity index (χ0n) is 10.0.